The number of nitrogens with zero attached hydrogens (tertiary/aromatic N) is 1. The summed E-state index contributed by atoms with van der Waals surface area (Å²) >= 11 is 3.06. The van der Waals surface area contributed by atoms with Gasteiger partial charge in [0, 0.05) is 4.88 Å². The Bertz CT molecular complexity index is 654. The average molecular weight is 301 g/mol. The minimum absolute atomic E-state index is 0.0315. The second-order valence-electron chi connectivity index (χ2n) is 4.42. The molecule has 0 atom stereocenters. The van der Waals surface area contributed by atoms with E-state index in [-0.39, 0.29) is 5.78 Å². The van der Waals surface area contributed by atoms with Crippen molar-refractivity contribution in [2.75, 3.05) is 20.6 Å². The summed E-state index contributed by atoms with van der Waals surface area (Å²) in [5.41, 5.74) is 0. The summed E-state index contributed by atoms with van der Waals surface area (Å²) in [7, 11) is 3.96. The molecule has 2 nitrogen and oxygen atoms in total. The van der Waals surface area contributed by atoms with Crippen molar-refractivity contribution in [2.45, 2.75) is 0 Å². The van der Waals surface area contributed by atoms with Gasteiger partial charge in [0.05, 0.1) is 16.3 Å². The maximum atomic E-state index is 12.0. The molecule has 4 heteroatoms. The van der Waals surface area contributed by atoms with Gasteiger partial charge in [-0.25, -0.2) is 0 Å². The third-order valence-corrected chi connectivity index (χ3v) is 4.25. The normalized spacial score (nSPS) is 10.8. The van der Waals surface area contributed by atoms with Crippen molar-refractivity contribution in [3.05, 3.63) is 50.4 Å². The van der Waals surface area contributed by atoms with Gasteiger partial charge in [0.1, 0.15) is 0 Å². The van der Waals surface area contributed by atoms with Gasteiger partial charge in [-0.3, -0.25) is 9.69 Å². The average Bonchev–Trinajstić information content (AvgIpc) is 3.06. The van der Waals surface area contributed by atoms with Crippen LogP contribution in [0.25, 0.3) is 6.08 Å². The summed E-state index contributed by atoms with van der Waals surface area (Å²) in [6.07, 6.45) is 3.47. The Balaban J connectivity index is 2.00. The van der Waals surface area contributed by atoms with Crippen LogP contribution in [0.3, 0.4) is 0 Å². The lowest BCUT2D eigenvalue weighted by atomic mass is 10.3. The minimum Gasteiger partial charge on any atom is -0.299 e. The largest absolute Gasteiger partial charge is 0.299 e. The van der Waals surface area contributed by atoms with Crippen LogP contribution in [0.1, 0.15) is 19.4 Å². The third-order valence-electron chi connectivity index (χ3n) is 2.40. The van der Waals surface area contributed by atoms with Crippen LogP contribution in [0.5, 0.6) is 0 Å². The zero-order valence-corrected chi connectivity index (χ0v) is 13.1. The van der Waals surface area contributed by atoms with Crippen molar-refractivity contribution in [1.29, 1.82) is 0 Å². The maximum Gasteiger partial charge on any atom is 0.195 e. The molecule has 0 saturated carbocycles. The van der Waals surface area contributed by atoms with E-state index in [1.165, 1.54) is 11.3 Å². The number of allylic oxidation sites excluding steroid dienone is 1. The van der Waals surface area contributed by atoms with Crippen LogP contribution in [-0.4, -0.2) is 31.3 Å². The fourth-order valence-corrected chi connectivity index (χ4v) is 2.87. The summed E-state index contributed by atoms with van der Waals surface area (Å²) in [4.78, 5) is 16.8. The lowest BCUT2D eigenvalue weighted by Gasteiger charge is -2.00. The molecule has 0 aromatic carbocycles. The van der Waals surface area contributed by atoms with E-state index in [0.29, 0.717) is 0 Å². The highest BCUT2D eigenvalue weighted by atomic mass is 32.1. The molecule has 2 aromatic heterocycles. The molecule has 0 aliphatic rings. The molecule has 102 valence electrons. The first-order valence-corrected chi connectivity index (χ1v) is 7.84. The molecule has 0 N–H and O–H groups in total. The molecule has 0 unspecified atom stereocenters. The van der Waals surface area contributed by atoms with Crippen LogP contribution in [0, 0.1) is 11.8 Å². The molecule has 2 heterocycles. The highest BCUT2D eigenvalue weighted by Crippen LogP contribution is 2.17. The number of thiophene rings is 2. The van der Waals surface area contributed by atoms with Gasteiger partial charge >= 0.3 is 0 Å². The number of ketones is 1. The summed E-state index contributed by atoms with van der Waals surface area (Å²) in [5.74, 6) is 6.17. The van der Waals surface area contributed by atoms with Crippen LogP contribution < -0.4 is 0 Å². The van der Waals surface area contributed by atoms with E-state index in [9.17, 15) is 4.79 Å². The fourth-order valence-electron chi connectivity index (χ4n) is 1.45. The smallest absolute Gasteiger partial charge is 0.195 e. The third kappa shape index (κ3) is 4.46. The number of carbonyl (C=O) groups is 1. The topological polar surface area (TPSA) is 20.3 Å². The molecule has 0 spiro atoms. The summed E-state index contributed by atoms with van der Waals surface area (Å²) in [6, 6.07) is 7.70. The first-order chi connectivity index (χ1) is 9.65. The summed E-state index contributed by atoms with van der Waals surface area (Å²) < 4.78 is 0. The van der Waals surface area contributed by atoms with E-state index >= 15 is 0 Å². The van der Waals surface area contributed by atoms with Gasteiger partial charge < -0.3 is 0 Å². The van der Waals surface area contributed by atoms with Gasteiger partial charge in [-0.05, 0) is 49.8 Å². The van der Waals surface area contributed by atoms with Gasteiger partial charge in [0.15, 0.2) is 5.78 Å². The van der Waals surface area contributed by atoms with Crippen LogP contribution in [0.4, 0.5) is 0 Å². The van der Waals surface area contributed by atoms with E-state index in [1.807, 2.05) is 54.7 Å². The number of hydrogen-bond acceptors (Lipinski definition) is 4. The Morgan fingerprint density at radius 3 is 2.90 bits per heavy atom. The van der Waals surface area contributed by atoms with Gasteiger partial charge in [0.25, 0.3) is 0 Å². The molecular weight excluding hydrogens is 286 g/mol. The highest BCUT2D eigenvalue weighted by Gasteiger charge is 2.05. The predicted molar refractivity (Wildman–Crippen MR) is 87.4 cm³/mol. The quantitative estimate of drug-likeness (QED) is 0.488. The molecule has 0 bridgehead atoms. The molecular formula is C16H15NOS2. The molecule has 2 aromatic rings. The Morgan fingerprint density at radius 2 is 2.20 bits per heavy atom. The number of carbonyl (C=O) groups excluding carboxylic acids is 1. The molecule has 20 heavy (non-hydrogen) atoms. The minimum atomic E-state index is 0.0315. The van der Waals surface area contributed by atoms with E-state index in [4.69, 9.17) is 0 Å². The van der Waals surface area contributed by atoms with E-state index in [0.717, 1.165) is 21.2 Å². The zero-order valence-electron chi connectivity index (χ0n) is 11.4. The zero-order chi connectivity index (χ0) is 14.4. The Kier molecular flexibility index (Phi) is 5.31. The predicted octanol–water partition coefficient (Wildman–Crippen LogP) is 3.62. The van der Waals surface area contributed by atoms with E-state index in [2.05, 4.69) is 11.8 Å². The monoisotopic (exact) mass is 301 g/mol. The number of rotatable bonds is 4. The van der Waals surface area contributed by atoms with Crippen molar-refractivity contribution in [3.63, 3.8) is 0 Å². The van der Waals surface area contributed by atoms with Gasteiger partial charge in [-0.2, -0.15) is 0 Å². The molecule has 0 aliphatic heterocycles. The van der Waals surface area contributed by atoms with Crippen molar-refractivity contribution in [3.8, 4) is 11.8 Å². The SMILES string of the molecule is CN(C)CC#Cc1ccc(C(=O)/C=C/c2cccs2)s1. The second-order valence-corrected chi connectivity index (χ2v) is 6.48. The Labute approximate surface area is 127 Å². The first-order valence-electron chi connectivity index (χ1n) is 6.14. The molecule has 0 saturated heterocycles. The Hall–Kier alpha value is -1.67. The number of hydrogen-bond donors (Lipinski definition) is 0. The standard InChI is InChI=1S/C16H15NOS2/c1-17(2)11-3-5-14-8-10-16(20-14)15(18)9-7-13-6-4-12-19-13/h4,6-10,12H,11H2,1-2H3/b9-7+. The van der Waals surface area contributed by atoms with Gasteiger partial charge in [-0.1, -0.05) is 17.9 Å². The van der Waals surface area contributed by atoms with Gasteiger partial charge in [-0.15, -0.1) is 22.7 Å². The van der Waals surface area contributed by atoms with Gasteiger partial charge in [0.2, 0.25) is 0 Å². The molecule has 0 radical (unpaired) electrons. The second kappa shape index (κ2) is 7.20. The maximum absolute atomic E-state index is 12.0. The van der Waals surface area contributed by atoms with E-state index in [1.54, 1.807) is 17.4 Å². The van der Waals surface area contributed by atoms with E-state index < -0.39 is 0 Å². The van der Waals surface area contributed by atoms with Crippen LogP contribution >= 0.6 is 22.7 Å². The van der Waals surface area contributed by atoms with Crippen molar-refractivity contribution >= 4 is 34.5 Å². The lowest BCUT2D eigenvalue weighted by molar-refractivity contribution is 0.105. The van der Waals surface area contributed by atoms with Crippen LogP contribution in [0.15, 0.2) is 35.7 Å². The summed E-state index contributed by atoms with van der Waals surface area (Å²) in [6.45, 7) is 0.722. The van der Waals surface area contributed by atoms with Crippen molar-refractivity contribution < 1.29 is 4.79 Å². The van der Waals surface area contributed by atoms with Crippen molar-refractivity contribution in [2.24, 2.45) is 0 Å². The lowest BCUT2D eigenvalue weighted by Crippen LogP contribution is -2.10. The van der Waals surface area contributed by atoms with Crippen molar-refractivity contribution in [1.82, 2.24) is 4.90 Å². The highest BCUT2D eigenvalue weighted by molar-refractivity contribution is 7.14. The molecule has 2 rings (SSSR count). The molecule has 0 amide bonds. The molecule has 0 fully saturated rings. The Morgan fingerprint density at radius 1 is 1.35 bits per heavy atom. The van der Waals surface area contributed by atoms with Crippen LogP contribution in [-0.2, 0) is 0 Å². The fraction of sp³-hybridized carbons (Fsp3) is 0.188. The van der Waals surface area contributed by atoms with Crippen LogP contribution in [0.2, 0.25) is 0 Å². The first kappa shape index (κ1) is 14.7. The summed E-state index contributed by atoms with van der Waals surface area (Å²) in [5, 5.41) is 1.99. The molecule has 0 aliphatic carbocycles.